The Morgan fingerprint density at radius 3 is 2.08 bits per heavy atom. The van der Waals surface area contributed by atoms with Gasteiger partial charge in [-0.3, -0.25) is 9.69 Å². The Morgan fingerprint density at radius 2 is 1.49 bits per heavy atom. The summed E-state index contributed by atoms with van der Waals surface area (Å²) >= 11 is 0. The van der Waals surface area contributed by atoms with Crippen LogP contribution < -0.4 is 5.32 Å². The molecule has 1 N–H and O–H groups in total. The highest BCUT2D eigenvalue weighted by Gasteiger charge is 2.28. The Hall–Kier alpha value is -3.88. The van der Waals surface area contributed by atoms with Gasteiger partial charge in [-0.05, 0) is 88.9 Å². The molecule has 2 aliphatic rings. The lowest BCUT2D eigenvalue weighted by Crippen LogP contribution is -2.39. The zero-order valence-electron chi connectivity index (χ0n) is 23.4. The largest absolute Gasteiger partial charge is 0.444 e. The summed E-state index contributed by atoms with van der Waals surface area (Å²) in [5, 5.41) is 2.82. The first-order valence-corrected chi connectivity index (χ1v) is 13.1. The number of fused-ring (bicyclic) bond motifs is 1. The average Bonchev–Trinajstić information content (AvgIpc) is 3.26. The lowest BCUT2D eigenvalue weighted by Gasteiger charge is -2.29. The summed E-state index contributed by atoms with van der Waals surface area (Å²) in [5.74, 6) is -0.933. The van der Waals surface area contributed by atoms with Crippen molar-refractivity contribution < 1.29 is 28.2 Å². The van der Waals surface area contributed by atoms with E-state index >= 15 is 4.39 Å². The maximum absolute atomic E-state index is 15.1. The van der Waals surface area contributed by atoms with Gasteiger partial charge in [0.2, 0.25) is 0 Å². The van der Waals surface area contributed by atoms with Gasteiger partial charge in [0, 0.05) is 43.0 Å². The molecule has 0 saturated heterocycles. The van der Waals surface area contributed by atoms with Crippen LogP contribution >= 0.6 is 0 Å². The fraction of sp³-hybridized carbons (Fsp3) is 0.433. The van der Waals surface area contributed by atoms with Crippen molar-refractivity contribution in [2.75, 3.05) is 18.4 Å². The summed E-state index contributed by atoms with van der Waals surface area (Å²) in [6.45, 7) is 12.5. The van der Waals surface area contributed by atoms with E-state index in [1.54, 1.807) is 28.0 Å². The van der Waals surface area contributed by atoms with E-state index in [1.807, 2.05) is 59.8 Å². The molecule has 0 fully saturated rings. The molecule has 39 heavy (non-hydrogen) atoms. The molecule has 4 rings (SSSR count). The molecule has 2 heterocycles. The van der Waals surface area contributed by atoms with Crippen molar-refractivity contribution in [1.29, 1.82) is 0 Å². The number of halogens is 1. The van der Waals surface area contributed by atoms with Crippen molar-refractivity contribution in [1.82, 2.24) is 9.80 Å². The molecule has 2 aromatic carbocycles. The first kappa shape index (κ1) is 28.1. The minimum Gasteiger partial charge on any atom is -0.444 e. The van der Waals surface area contributed by atoms with Crippen molar-refractivity contribution in [3.8, 4) is 0 Å². The van der Waals surface area contributed by atoms with E-state index in [-0.39, 0.29) is 11.7 Å². The molecule has 3 amide bonds. The van der Waals surface area contributed by atoms with Crippen LogP contribution in [0.3, 0.4) is 0 Å². The predicted octanol–water partition coefficient (Wildman–Crippen LogP) is 6.35. The van der Waals surface area contributed by atoms with Crippen LogP contribution in [0.25, 0.3) is 5.57 Å². The molecule has 0 radical (unpaired) electrons. The fourth-order valence-corrected chi connectivity index (χ4v) is 4.45. The van der Waals surface area contributed by atoms with Gasteiger partial charge >= 0.3 is 12.2 Å². The number of carbonyl (C=O) groups is 3. The van der Waals surface area contributed by atoms with Gasteiger partial charge in [0.1, 0.15) is 17.0 Å². The second-order valence-electron chi connectivity index (χ2n) is 11.9. The summed E-state index contributed by atoms with van der Waals surface area (Å²) in [4.78, 5) is 40.8. The minimum atomic E-state index is -0.580. The molecule has 2 aliphatic heterocycles. The third-order valence-corrected chi connectivity index (χ3v) is 6.28. The van der Waals surface area contributed by atoms with Crippen LogP contribution in [0.5, 0.6) is 0 Å². The van der Waals surface area contributed by atoms with E-state index in [4.69, 9.17) is 9.47 Å². The predicted molar refractivity (Wildman–Crippen MR) is 147 cm³/mol. The van der Waals surface area contributed by atoms with Crippen LogP contribution in [0.2, 0.25) is 0 Å². The molecule has 0 bridgehead atoms. The third kappa shape index (κ3) is 7.16. The van der Waals surface area contributed by atoms with Crippen molar-refractivity contribution in [2.45, 2.75) is 72.3 Å². The van der Waals surface area contributed by atoms with Crippen molar-refractivity contribution >= 4 is 29.4 Å². The summed E-state index contributed by atoms with van der Waals surface area (Å²) in [5.41, 5.74) is 2.70. The van der Waals surface area contributed by atoms with Crippen molar-refractivity contribution in [3.63, 3.8) is 0 Å². The molecule has 0 aliphatic carbocycles. The number of benzene rings is 2. The highest BCUT2D eigenvalue weighted by molar-refractivity contribution is 6.04. The zero-order valence-corrected chi connectivity index (χ0v) is 23.4. The molecular weight excluding hydrogens is 501 g/mol. The normalized spacial score (nSPS) is 15.4. The van der Waals surface area contributed by atoms with E-state index in [0.717, 1.165) is 16.7 Å². The number of hydrogen-bond donors (Lipinski definition) is 1. The number of amides is 3. The zero-order chi connectivity index (χ0) is 28.5. The van der Waals surface area contributed by atoms with Crippen LogP contribution in [0.1, 0.15) is 75.0 Å². The maximum atomic E-state index is 15.1. The van der Waals surface area contributed by atoms with Crippen LogP contribution in [0.15, 0.2) is 42.5 Å². The first-order valence-electron chi connectivity index (χ1n) is 13.1. The lowest BCUT2D eigenvalue weighted by atomic mass is 9.97. The summed E-state index contributed by atoms with van der Waals surface area (Å²) in [6.07, 6.45) is 1.52. The first-order chi connectivity index (χ1) is 18.2. The summed E-state index contributed by atoms with van der Waals surface area (Å²) < 4.78 is 25.9. The highest BCUT2D eigenvalue weighted by atomic mass is 19.1. The van der Waals surface area contributed by atoms with Gasteiger partial charge in [0.15, 0.2) is 0 Å². The number of carbonyl (C=O) groups excluding carboxylic acids is 3. The number of rotatable bonds is 3. The molecule has 0 atom stereocenters. The van der Waals surface area contributed by atoms with Gasteiger partial charge in [-0.15, -0.1) is 0 Å². The standard InChI is InChI=1S/C30H36FN3O5/c1-29(2,3)38-27(36)33-13-11-19(12-14-33)24-10-8-20(16-25(24)31)26(35)32-23-9-7-21-17-34(18-22(21)15-23)28(37)39-30(4,5)6/h7-11,15-16H,12-14,17-18H2,1-6H3,(H,32,35). The Bertz CT molecular complexity index is 1320. The summed E-state index contributed by atoms with van der Waals surface area (Å²) in [7, 11) is 0. The van der Waals surface area contributed by atoms with Crippen LogP contribution in [-0.4, -0.2) is 52.2 Å². The Labute approximate surface area is 228 Å². The molecule has 0 saturated carbocycles. The van der Waals surface area contributed by atoms with Gasteiger partial charge in [-0.25, -0.2) is 14.0 Å². The van der Waals surface area contributed by atoms with Gasteiger partial charge in [-0.2, -0.15) is 0 Å². The average molecular weight is 538 g/mol. The summed E-state index contributed by atoms with van der Waals surface area (Å²) in [6, 6.07) is 9.88. The number of nitrogens with one attached hydrogen (secondary N) is 1. The molecule has 9 heteroatoms. The van der Waals surface area contributed by atoms with E-state index in [0.29, 0.717) is 43.9 Å². The van der Waals surface area contributed by atoms with Crippen LogP contribution in [0.4, 0.5) is 19.7 Å². The monoisotopic (exact) mass is 537 g/mol. The van der Waals surface area contributed by atoms with Gasteiger partial charge < -0.3 is 19.7 Å². The number of anilines is 1. The Kier molecular flexibility index (Phi) is 7.73. The topological polar surface area (TPSA) is 88.2 Å². The smallest absolute Gasteiger partial charge is 0.410 e. The molecule has 208 valence electrons. The molecule has 2 aromatic rings. The fourth-order valence-electron chi connectivity index (χ4n) is 4.45. The highest BCUT2D eigenvalue weighted by Crippen LogP contribution is 2.29. The van der Waals surface area contributed by atoms with Gasteiger partial charge in [0.05, 0.1) is 0 Å². The lowest BCUT2D eigenvalue weighted by molar-refractivity contribution is 0.0238. The second kappa shape index (κ2) is 10.7. The molecule has 8 nitrogen and oxygen atoms in total. The van der Waals surface area contributed by atoms with E-state index in [9.17, 15) is 14.4 Å². The van der Waals surface area contributed by atoms with Gasteiger partial charge in [-0.1, -0.05) is 18.2 Å². The van der Waals surface area contributed by atoms with Crippen molar-refractivity contribution in [3.05, 3.63) is 70.5 Å². The molecule has 0 unspecified atom stereocenters. The SMILES string of the molecule is CC(C)(C)OC(=O)N1CC=C(c2ccc(C(=O)Nc3ccc4c(c3)CN(C(=O)OC(C)(C)C)C4)cc2F)CC1. The second-order valence-corrected chi connectivity index (χ2v) is 11.9. The van der Waals surface area contributed by atoms with Gasteiger partial charge in [0.25, 0.3) is 5.91 Å². The number of nitrogens with zero attached hydrogens (tertiary/aromatic N) is 2. The Balaban J connectivity index is 1.38. The third-order valence-electron chi connectivity index (χ3n) is 6.28. The Morgan fingerprint density at radius 1 is 0.846 bits per heavy atom. The quantitative estimate of drug-likeness (QED) is 0.493. The molecule has 0 spiro atoms. The van der Waals surface area contributed by atoms with E-state index in [2.05, 4.69) is 5.32 Å². The van der Waals surface area contributed by atoms with Crippen LogP contribution in [-0.2, 0) is 22.6 Å². The molecular formula is C30H36FN3O5. The van der Waals surface area contributed by atoms with E-state index in [1.165, 1.54) is 6.07 Å². The number of ether oxygens (including phenoxy) is 2. The number of hydrogen-bond acceptors (Lipinski definition) is 5. The van der Waals surface area contributed by atoms with Crippen molar-refractivity contribution in [2.24, 2.45) is 0 Å². The molecule has 0 aromatic heterocycles. The maximum Gasteiger partial charge on any atom is 0.410 e. The van der Waals surface area contributed by atoms with Crippen LogP contribution in [0, 0.1) is 5.82 Å². The minimum absolute atomic E-state index is 0.193. The van der Waals surface area contributed by atoms with E-state index < -0.39 is 29.0 Å².